The van der Waals surface area contributed by atoms with Gasteiger partial charge in [-0.15, -0.1) is 21.5 Å². The van der Waals surface area contributed by atoms with Crippen LogP contribution in [0, 0.1) is 0 Å². The Balaban J connectivity index is 2.06. The van der Waals surface area contributed by atoms with Gasteiger partial charge < -0.3 is 5.73 Å². The number of rotatable bonds is 3. The predicted octanol–water partition coefficient (Wildman–Crippen LogP) is 0.514. The summed E-state index contributed by atoms with van der Waals surface area (Å²) in [5.41, 5.74) is 5.93. The molecule has 0 spiro atoms. The lowest BCUT2D eigenvalue weighted by Gasteiger charge is -2.03. The molecule has 1 atom stereocenters. The fourth-order valence-electron chi connectivity index (χ4n) is 1.18. The molecular weight excluding hydrogens is 198 g/mol. The third-order valence-corrected chi connectivity index (χ3v) is 2.76. The lowest BCUT2D eigenvalue weighted by Crippen LogP contribution is -2.14. The fourth-order valence-corrected chi connectivity index (χ4v) is 1.95. The van der Waals surface area contributed by atoms with E-state index in [2.05, 4.69) is 21.5 Å². The first kappa shape index (κ1) is 9.29. The highest BCUT2D eigenvalue weighted by molar-refractivity contribution is 7.09. The molecule has 0 fully saturated rings. The van der Waals surface area contributed by atoms with Crippen LogP contribution in [0.15, 0.2) is 17.5 Å². The van der Waals surface area contributed by atoms with E-state index in [0.29, 0.717) is 5.82 Å². The van der Waals surface area contributed by atoms with Gasteiger partial charge in [0.25, 0.3) is 0 Å². The molecule has 14 heavy (non-hydrogen) atoms. The summed E-state index contributed by atoms with van der Waals surface area (Å²) in [4.78, 5) is 2.66. The summed E-state index contributed by atoms with van der Waals surface area (Å²) in [5.74, 6) is 0.598. The number of aryl methyl sites for hydroxylation is 1. The van der Waals surface area contributed by atoms with Gasteiger partial charge in [-0.3, -0.25) is 0 Å². The van der Waals surface area contributed by atoms with Gasteiger partial charge >= 0.3 is 0 Å². The van der Waals surface area contributed by atoms with Crippen molar-refractivity contribution in [3.05, 3.63) is 28.2 Å². The molecule has 5 nitrogen and oxygen atoms in total. The van der Waals surface area contributed by atoms with Crippen molar-refractivity contribution in [1.29, 1.82) is 0 Å². The summed E-state index contributed by atoms with van der Waals surface area (Å²) >= 11 is 1.69. The zero-order chi connectivity index (χ0) is 9.97. The second-order valence-electron chi connectivity index (χ2n) is 3.03. The molecule has 0 bridgehead atoms. The summed E-state index contributed by atoms with van der Waals surface area (Å²) in [6, 6.07) is 3.90. The lowest BCUT2D eigenvalue weighted by molar-refractivity contribution is 0.617. The number of nitrogens with two attached hydrogens (primary N) is 1. The first-order valence-corrected chi connectivity index (χ1v) is 5.15. The van der Waals surface area contributed by atoms with E-state index in [9.17, 15) is 0 Å². The molecule has 0 aromatic carbocycles. The minimum Gasteiger partial charge on any atom is -0.321 e. The minimum absolute atomic E-state index is 0.164. The Hall–Kier alpha value is -1.27. The molecule has 2 N–H and O–H groups in total. The molecule has 2 aromatic rings. The van der Waals surface area contributed by atoms with Crippen LogP contribution in [0.4, 0.5) is 0 Å². The van der Waals surface area contributed by atoms with Gasteiger partial charge in [-0.1, -0.05) is 6.07 Å². The van der Waals surface area contributed by atoms with Crippen LogP contribution in [0.1, 0.15) is 16.7 Å². The summed E-state index contributed by atoms with van der Waals surface area (Å²) in [7, 11) is 1.73. The van der Waals surface area contributed by atoms with Crippen molar-refractivity contribution in [2.45, 2.75) is 12.5 Å². The molecule has 0 amide bonds. The summed E-state index contributed by atoms with van der Waals surface area (Å²) in [5, 5.41) is 13.7. The van der Waals surface area contributed by atoms with Crippen molar-refractivity contribution in [2.24, 2.45) is 12.8 Å². The van der Waals surface area contributed by atoms with Crippen molar-refractivity contribution >= 4 is 11.3 Å². The molecule has 0 radical (unpaired) electrons. The van der Waals surface area contributed by atoms with Crippen molar-refractivity contribution < 1.29 is 0 Å². The third kappa shape index (κ3) is 1.97. The molecule has 1 unspecified atom stereocenters. The quantitative estimate of drug-likeness (QED) is 0.799. The Kier molecular flexibility index (Phi) is 2.55. The average Bonchev–Trinajstić information content (AvgIpc) is 2.75. The highest BCUT2D eigenvalue weighted by Gasteiger charge is 2.12. The molecule has 0 saturated carbocycles. The molecule has 2 heterocycles. The van der Waals surface area contributed by atoms with Gasteiger partial charge in [0.1, 0.15) is 0 Å². The number of thiophene rings is 1. The van der Waals surface area contributed by atoms with Crippen LogP contribution in [0.5, 0.6) is 0 Å². The summed E-state index contributed by atoms with van der Waals surface area (Å²) in [6.45, 7) is 0. The van der Waals surface area contributed by atoms with E-state index in [1.165, 1.54) is 9.67 Å². The van der Waals surface area contributed by atoms with Crippen LogP contribution in [0.25, 0.3) is 0 Å². The maximum atomic E-state index is 5.93. The maximum Gasteiger partial charge on any atom is 0.191 e. The van der Waals surface area contributed by atoms with E-state index in [0.717, 1.165) is 6.42 Å². The Morgan fingerprint density at radius 2 is 2.50 bits per heavy atom. The van der Waals surface area contributed by atoms with Crippen molar-refractivity contribution in [3.8, 4) is 0 Å². The second kappa shape index (κ2) is 3.85. The molecule has 74 valence electrons. The lowest BCUT2D eigenvalue weighted by atomic mass is 10.2. The average molecular weight is 209 g/mol. The predicted molar refractivity (Wildman–Crippen MR) is 53.7 cm³/mol. The van der Waals surface area contributed by atoms with E-state index in [4.69, 9.17) is 5.73 Å². The molecule has 0 aliphatic heterocycles. The number of hydrogen-bond donors (Lipinski definition) is 1. The van der Waals surface area contributed by atoms with Crippen LogP contribution >= 0.6 is 11.3 Å². The Morgan fingerprint density at radius 1 is 1.64 bits per heavy atom. The second-order valence-corrected chi connectivity index (χ2v) is 4.06. The number of hydrogen-bond acceptors (Lipinski definition) is 5. The van der Waals surface area contributed by atoms with Crippen molar-refractivity contribution in [3.63, 3.8) is 0 Å². The van der Waals surface area contributed by atoms with Gasteiger partial charge in [0.2, 0.25) is 0 Å². The monoisotopic (exact) mass is 209 g/mol. The minimum atomic E-state index is -0.164. The summed E-state index contributed by atoms with van der Waals surface area (Å²) in [6.07, 6.45) is 0.767. The maximum absolute atomic E-state index is 5.93. The van der Waals surface area contributed by atoms with Crippen LogP contribution < -0.4 is 5.73 Å². The van der Waals surface area contributed by atoms with Gasteiger partial charge in [0.05, 0.1) is 13.1 Å². The van der Waals surface area contributed by atoms with E-state index in [-0.39, 0.29) is 6.04 Å². The molecule has 0 aliphatic carbocycles. The van der Waals surface area contributed by atoms with Gasteiger partial charge in [-0.05, 0) is 16.7 Å². The molecule has 0 aliphatic rings. The zero-order valence-electron chi connectivity index (χ0n) is 7.79. The first-order valence-electron chi connectivity index (χ1n) is 4.27. The Morgan fingerprint density at radius 3 is 3.07 bits per heavy atom. The summed E-state index contributed by atoms with van der Waals surface area (Å²) < 4.78 is 0. The highest BCUT2D eigenvalue weighted by atomic mass is 32.1. The molecule has 2 aromatic heterocycles. The first-order chi connectivity index (χ1) is 6.75. The van der Waals surface area contributed by atoms with Crippen LogP contribution in [-0.2, 0) is 13.5 Å². The molecule has 6 heteroatoms. The molecule has 0 saturated heterocycles. The normalized spacial score (nSPS) is 13.0. The van der Waals surface area contributed by atoms with Gasteiger partial charge in [0.15, 0.2) is 5.82 Å². The van der Waals surface area contributed by atoms with E-state index >= 15 is 0 Å². The van der Waals surface area contributed by atoms with Crippen LogP contribution in [0.2, 0.25) is 0 Å². The SMILES string of the molecule is Cn1nnc(C(N)Cc2cccs2)n1. The van der Waals surface area contributed by atoms with E-state index < -0.39 is 0 Å². The topological polar surface area (TPSA) is 69.6 Å². The Labute approximate surface area is 85.5 Å². The third-order valence-electron chi connectivity index (χ3n) is 1.86. The number of nitrogens with zero attached hydrogens (tertiary/aromatic N) is 4. The molecule has 2 rings (SSSR count). The van der Waals surface area contributed by atoms with Crippen molar-refractivity contribution in [2.75, 3.05) is 0 Å². The highest BCUT2D eigenvalue weighted by Crippen LogP contribution is 2.16. The van der Waals surface area contributed by atoms with Crippen LogP contribution in [-0.4, -0.2) is 20.2 Å². The van der Waals surface area contributed by atoms with Crippen LogP contribution in [0.3, 0.4) is 0 Å². The van der Waals surface area contributed by atoms with E-state index in [1.54, 1.807) is 18.4 Å². The van der Waals surface area contributed by atoms with Gasteiger partial charge in [-0.25, -0.2) is 0 Å². The zero-order valence-corrected chi connectivity index (χ0v) is 8.61. The fraction of sp³-hybridized carbons (Fsp3) is 0.375. The van der Waals surface area contributed by atoms with Gasteiger partial charge in [-0.2, -0.15) is 4.80 Å². The number of aromatic nitrogens is 4. The van der Waals surface area contributed by atoms with E-state index in [1.807, 2.05) is 11.4 Å². The van der Waals surface area contributed by atoms with Crippen molar-refractivity contribution in [1.82, 2.24) is 20.2 Å². The standard InChI is InChI=1S/C8H11N5S/c1-13-11-8(10-12-13)7(9)5-6-3-2-4-14-6/h2-4,7H,5,9H2,1H3. The largest absolute Gasteiger partial charge is 0.321 e. The Bertz CT molecular complexity index is 394. The molecular formula is C8H11N5S. The van der Waals surface area contributed by atoms with Gasteiger partial charge in [0, 0.05) is 11.3 Å². The number of tetrazole rings is 1. The smallest absolute Gasteiger partial charge is 0.191 e.